The molecule has 0 aliphatic rings. The molecule has 2 aromatic carbocycles. The first-order chi connectivity index (χ1) is 12.6. The van der Waals surface area contributed by atoms with Crippen LogP contribution in [0.5, 0.6) is 0 Å². The van der Waals surface area contributed by atoms with Crippen molar-refractivity contribution in [2.24, 2.45) is 10.2 Å². The number of halogens is 3. The van der Waals surface area contributed by atoms with Crippen LogP contribution in [0.3, 0.4) is 0 Å². The fraction of sp³-hybridized carbons (Fsp3) is 0.333. The molecule has 26 heavy (non-hydrogen) atoms. The highest BCUT2D eigenvalue weighted by molar-refractivity contribution is 6.30. The third kappa shape index (κ3) is 6.68. The molecule has 2 rings (SSSR count). The molecule has 0 saturated heterocycles. The average molecular weight is 377 g/mol. The Morgan fingerprint density at radius 2 is 1.50 bits per heavy atom. The Kier molecular flexibility index (Phi) is 8.42. The largest absolute Gasteiger partial charge is 0.206 e. The van der Waals surface area contributed by atoms with Crippen LogP contribution in [0.4, 0.5) is 8.78 Å². The SMILES string of the molecule is CCCCCCCc1cc(F)c(/C=N/N=C/c2ccc(Cl)cc2)c(F)c1. The van der Waals surface area contributed by atoms with Crippen LogP contribution in [0.25, 0.3) is 0 Å². The van der Waals surface area contributed by atoms with Gasteiger partial charge in [-0.3, -0.25) is 0 Å². The van der Waals surface area contributed by atoms with Gasteiger partial charge >= 0.3 is 0 Å². The Morgan fingerprint density at radius 1 is 0.885 bits per heavy atom. The Morgan fingerprint density at radius 3 is 2.15 bits per heavy atom. The number of hydrogen-bond acceptors (Lipinski definition) is 2. The molecule has 0 N–H and O–H groups in total. The van der Waals surface area contributed by atoms with E-state index < -0.39 is 11.6 Å². The standard InChI is InChI=1S/C21H23ClF2N2/c1-2-3-4-5-6-7-17-12-20(23)19(21(24)13-17)15-26-25-14-16-8-10-18(22)11-9-16/h8-15H,2-7H2,1H3/b25-14+,26-15+. The van der Waals surface area contributed by atoms with Crippen molar-refractivity contribution in [2.75, 3.05) is 0 Å². The minimum Gasteiger partial charge on any atom is -0.206 e. The Bertz CT molecular complexity index is 732. The lowest BCUT2D eigenvalue weighted by Crippen LogP contribution is -1.98. The summed E-state index contributed by atoms with van der Waals surface area (Å²) in [5, 5.41) is 8.18. The zero-order valence-electron chi connectivity index (χ0n) is 14.9. The number of unbranched alkanes of at least 4 members (excludes halogenated alkanes) is 4. The molecule has 0 bridgehead atoms. The molecule has 0 radical (unpaired) electrons. The molecule has 5 heteroatoms. The molecule has 0 aliphatic heterocycles. The van der Waals surface area contributed by atoms with Gasteiger partial charge in [-0.15, -0.1) is 0 Å². The maximum absolute atomic E-state index is 14.1. The normalized spacial score (nSPS) is 11.7. The lowest BCUT2D eigenvalue weighted by atomic mass is 10.0. The number of hydrogen-bond donors (Lipinski definition) is 0. The van der Waals surface area contributed by atoms with Crippen molar-refractivity contribution in [1.82, 2.24) is 0 Å². The van der Waals surface area contributed by atoms with Crippen LogP contribution in [0.1, 0.15) is 55.7 Å². The first-order valence-electron chi connectivity index (χ1n) is 8.90. The Labute approximate surface area is 158 Å². The van der Waals surface area contributed by atoms with Gasteiger partial charge in [0.15, 0.2) is 0 Å². The molecule has 2 nitrogen and oxygen atoms in total. The van der Waals surface area contributed by atoms with Gasteiger partial charge < -0.3 is 0 Å². The summed E-state index contributed by atoms with van der Waals surface area (Å²) in [5.74, 6) is -1.22. The van der Waals surface area contributed by atoms with E-state index in [0.29, 0.717) is 17.0 Å². The molecule has 0 fully saturated rings. The highest BCUT2D eigenvalue weighted by Crippen LogP contribution is 2.16. The minimum atomic E-state index is -0.612. The summed E-state index contributed by atoms with van der Waals surface area (Å²) in [7, 11) is 0. The lowest BCUT2D eigenvalue weighted by molar-refractivity contribution is 0.572. The monoisotopic (exact) mass is 376 g/mol. The van der Waals surface area contributed by atoms with Crippen molar-refractivity contribution >= 4 is 24.0 Å². The second-order valence-corrected chi connectivity index (χ2v) is 6.61. The molecule has 0 heterocycles. The van der Waals surface area contributed by atoms with Crippen molar-refractivity contribution in [3.63, 3.8) is 0 Å². The highest BCUT2D eigenvalue weighted by Gasteiger charge is 2.09. The topological polar surface area (TPSA) is 24.7 Å². The molecule has 0 unspecified atom stereocenters. The van der Waals surface area contributed by atoms with E-state index in [9.17, 15) is 8.78 Å². The zero-order valence-corrected chi connectivity index (χ0v) is 15.6. The summed E-state index contributed by atoms with van der Waals surface area (Å²) in [6.45, 7) is 2.16. The molecule has 0 aliphatic carbocycles. The number of aryl methyl sites for hydroxylation is 1. The van der Waals surface area contributed by atoms with E-state index >= 15 is 0 Å². The van der Waals surface area contributed by atoms with Gasteiger partial charge in [0.05, 0.1) is 18.0 Å². The van der Waals surface area contributed by atoms with Gasteiger partial charge in [-0.05, 0) is 48.2 Å². The lowest BCUT2D eigenvalue weighted by Gasteiger charge is -2.05. The third-order valence-corrected chi connectivity index (χ3v) is 4.29. The van der Waals surface area contributed by atoms with Crippen molar-refractivity contribution in [3.8, 4) is 0 Å². The van der Waals surface area contributed by atoms with Gasteiger partial charge in [-0.2, -0.15) is 10.2 Å². The van der Waals surface area contributed by atoms with Crippen LogP contribution >= 0.6 is 11.6 Å². The molecular formula is C21H23ClF2N2. The first-order valence-corrected chi connectivity index (χ1v) is 9.28. The fourth-order valence-electron chi connectivity index (χ4n) is 2.58. The number of nitrogens with zero attached hydrogens (tertiary/aromatic N) is 2. The predicted octanol–water partition coefficient (Wildman–Crippen LogP) is 6.58. The first kappa shape index (κ1) is 20.2. The van der Waals surface area contributed by atoms with Crippen molar-refractivity contribution in [1.29, 1.82) is 0 Å². The van der Waals surface area contributed by atoms with E-state index in [1.54, 1.807) is 24.3 Å². The highest BCUT2D eigenvalue weighted by atomic mass is 35.5. The molecule has 138 valence electrons. The van der Waals surface area contributed by atoms with Gasteiger partial charge in [0.1, 0.15) is 11.6 Å². The van der Waals surface area contributed by atoms with Crippen LogP contribution in [0, 0.1) is 11.6 Å². The van der Waals surface area contributed by atoms with Crippen LogP contribution < -0.4 is 0 Å². The molecule has 0 saturated carbocycles. The van der Waals surface area contributed by atoms with E-state index in [0.717, 1.165) is 31.0 Å². The smallest absolute Gasteiger partial charge is 0.135 e. The van der Waals surface area contributed by atoms with Gasteiger partial charge in [0, 0.05) is 5.02 Å². The molecular weight excluding hydrogens is 354 g/mol. The molecule has 0 amide bonds. The molecule has 0 aromatic heterocycles. The summed E-state index contributed by atoms with van der Waals surface area (Å²) in [6.07, 6.45) is 8.85. The number of benzene rings is 2. The van der Waals surface area contributed by atoms with E-state index in [-0.39, 0.29) is 5.56 Å². The fourth-order valence-corrected chi connectivity index (χ4v) is 2.70. The Balaban J connectivity index is 1.95. The van der Waals surface area contributed by atoms with E-state index in [2.05, 4.69) is 17.1 Å². The van der Waals surface area contributed by atoms with E-state index in [1.807, 2.05) is 0 Å². The third-order valence-electron chi connectivity index (χ3n) is 4.04. The summed E-state index contributed by atoms with van der Waals surface area (Å²) in [5.41, 5.74) is 1.30. The second-order valence-electron chi connectivity index (χ2n) is 6.18. The van der Waals surface area contributed by atoms with Crippen LogP contribution in [0.2, 0.25) is 5.02 Å². The van der Waals surface area contributed by atoms with Crippen LogP contribution in [0.15, 0.2) is 46.6 Å². The summed E-state index contributed by atoms with van der Waals surface area (Å²) in [4.78, 5) is 0. The maximum atomic E-state index is 14.1. The van der Waals surface area contributed by atoms with E-state index in [4.69, 9.17) is 11.6 Å². The second kappa shape index (κ2) is 10.8. The summed E-state index contributed by atoms with van der Waals surface area (Å²) < 4.78 is 28.3. The summed E-state index contributed by atoms with van der Waals surface area (Å²) >= 11 is 5.80. The quantitative estimate of drug-likeness (QED) is 0.268. The maximum Gasteiger partial charge on any atom is 0.135 e. The predicted molar refractivity (Wildman–Crippen MR) is 105 cm³/mol. The zero-order chi connectivity index (χ0) is 18.8. The molecule has 2 aromatic rings. The van der Waals surface area contributed by atoms with Crippen LogP contribution in [-0.4, -0.2) is 12.4 Å². The minimum absolute atomic E-state index is 0.173. The number of rotatable bonds is 9. The molecule has 0 atom stereocenters. The molecule has 0 spiro atoms. The van der Waals surface area contributed by atoms with E-state index in [1.165, 1.54) is 31.2 Å². The van der Waals surface area contributed by atoms with Gasteiger partial charge in [0.25, 0.3) is 0 Å². The average Bonchev–Trinajstić information content (AvgIpc) is 2.62. The van der Waals surface area contributed by atoms with Crippen LogP contribution in [-0.2, 0) is 6.42 Å². The van der Waals surface area contributed by atoms with Gasteiger partial charge in [0.2, 0.25) is 0 Å². The van der Waals surface area contributed by atoms with Crippen molar-refractivity contribution < 1.29 is 8.78 Å². The van der Waals surface area contributed by atoms with Gasteiger partial charge in [-0.25, -0.2) is 8.78 Å². The van der Waals surface area contributed by atoms with Crippen molar-refractivity contribution in [2.45, 2.75) is 45.4 Å². The Hall–Kier alpha value is -2.07. The van der Waals surface area contributed by atoms with Gasteiger partial charge in [-0.1, -0.05) is 56.3 Å². The van der Waals surface area contributed by atoms with Crippen molar-refractivity contribution in [3.05, 3.63) is 69.7 Å². The summed E-state index contributed by atoms with van der Waals surface area (Å²) in [6, 6.07) is 9.77.